The topological polar surface area (TPSA) is 78.4 Å². The van der Waals surface area contributed by atoms with Gasteiger partial charge in [-0.2, -0.15) is 0 Å². The molecule has 0 atom stereocenters. The number of carbonyl (C=O) groups excluding carboxylic acids is 2. The second kappa shape index (κ2) is 7.33. The molecule has 5 nitrogen and oxygen atoms in total. The van der Waals surface area contributed by atoms with E-state index in [4.69, 9.17) is 5.11 Å². The molecule has 0 fully saturated rings. The summed E-state index contributed by atoms with van der Waals surface area (Å²) in [6.45, 7) is 3.48. The molecule has 0 bridgehead atoms. The number of allylic oxidation sites excluding steroid dienone is 1. The molecule has 0 aromatic heterocycles. The van der Waals surface area contributed by atoms with Crippen molar-refractivity contribution in [3.8, 4) is 0 Å². The maximum atomic E-state index is 12.0. The van der Waals surface area contributed by atoms with Gasteiger partial charge in [-0.15, -0.1) is 0 Å². The highest BCUT2D eigenvalue weighted by Gasteiger charge is 2.14. The first-order valence-electron chi connectivity index (χ1n) is 5.99. The van der Waals surface area contributed by atoms with Crippen LogP contribution in [-0.4, -0.2) is 30.1 Å². The zero-order chi connectivity index (χ0) is 14.3. The van der Waals surface area contributed by atoms with E-state index in [1.807, 2.05) is 6.07 Å². The lowest BCUT2D eigenvalue weighted by Gasteiger charge is -2.12. The quantitative estimate of drug-likeness (QED) is 0.687. The third-order valence-electron chi connectivity index (χ3n) is 2.40. The van der Waals surface area contributed by atoms with Gasteiger partial charge in [-0.25, -0.2) is 0 Å². The number of aliphatic hydroxyl groups is 1. The van der Waals surface area contributed by atoms with Gasteiger partial charge in [0.15, 0.2) is 0 Å². The summed E-state index contributed by atoms with van der Waals surface area (Å²) in [7, 11) is 0. The molecule has 1 aromatic carbocycles. The summed E-state index contributed by atoms with van der Waals surface area (Å²) in [5.74, 6) is -0.741. The van der Waals surface area contributed by atoms with Crippen molar-refractivity contribution in [1.82, 2.24) is 10.6 Å². The molecule has 0 saturated carbocycles. The first-order valence-corrected chi connectivity index (χ1v) is 5.99. The Bertz CT molecular complexity index is 477. The number of hydrogen-bond donors (Lipinski definition) is 3. The van der Waals surface area contributed by atoms with Crippen LogP contribution >= 0.6 is 0 Å². The summed E-state index contributed by atoms with van der Waals surface area (Å²) >= 11 is 0. The third-order valence-corrected chi connectivity index (χ3v) is 2.40. The zero-order valence-electron chi connectivity index (χ0n) is 11.1. The Morgan fingerprint density at radius 1 is 1.16 bits per heavy atom. The normalized spacial score (nSPS) is 9.63. The molecule has 0 aliphatic heterocycles. The highest BCUT2D eigenvalue weighted by Crippen LogP contribution is 2.04. The summed E-state index contributed by atoms with van der Waals surface area (Å²) in [5.41, 5.74) is 1.39. The minimum Gasteiger partial charge on any atom is -0.395 e. The van der Waals surface area contributed by atoms with Gasteiger partial charge < -0.3 is 15.7 Å². The molecule has 0 unspecified atom stereocenters. The molecule has 1 aromatic rings. The molecule has 19 heavy (non-hydrogen) atoms. The summed E-state index contributed by atoms with van der Waals surface area (Å²) < 4.78 is 0. The molecule has 0 radical (unpaired) electrons. The van der Waals surface area contributed by atoms with E-state index in [2.05, 4.69) is 10.6 Å². The van der Waals surface area contributed by atoms with Crippen molar-refractivity contribution >= 4 is 11.8 Å². The maximum absolute atomic E-state index is 12.0. The summed E-state index contributed by atoms with van der Waals surface area (Å²) in [6.07, 6.45) is 0. The van der Waals surface area contributed by atoms with Gasteiger partial charge in [0, 0.05) is 12.1 Å². The van der Waals surface area contributed by atoms with Crippen LogP contribution in [-0.2, 0) is 4.79 Å². The van der Waals surface area contributed by atoms with Crippen molar-refractivity contribution in [3.05, 3.63) is 47.2 Å². The van der Waals surface area contributed by atoms with Gasteiger partial charge in [-0.1, -0.05) is 18.2 Å². The van der Waals surface area contributed by atoms with Crippen molar-refractivity contribution in [2.24, 2.45) is 0 Å². The molecule has 0 heterocycles. The van der Waals surface area contributed by atoms with Crippen LogP contribution in [0.3, 0.4) is 0 Å². The number of hydrogen-bond acceptors (Lipinski definition) is 3. The Labute approximate surface area is 112 Å². The number of aliphatic hydroxyl groups excluding tert-OH is 1. The van der Waals surface area contributed by atoms with Crippen LogP contribution in [0.4, 0.5) is 0 Å². The van der Waals surface area contributed by atoms with E-state index in [1.165, 1.54) is 0 Å². The van der Waals surface area contributed by atoms with Crippen molar-refractivity contribution in [2.75, 3.05) is 13.2 Å². The van der Waals surface area contributed by atoms with Gasteiger partial charge in [-0.3, -0.25) is 9.59 Å². The van der Waals surface area contributed by atoms with E-state index in [-0.39, 0.29) is 24.8 Å². The second-order valence-electron chi connectivity index (χ2n) is 4.17. The van der Waals surface area contributed by atoms with Gasteiger partial charge in [0.2, 0.25) is 0 Å². The molecule has 102 valence electrons. The van der Waals surface area contributed by atoms with Crippen LogP contribution in [0.1, 0.15) is 24.2 Å². The SMILES string of the molecule is CC(C)=C(NC(=O)c1ccccc1)C(=O)NCCO. The predicted octanol–water partition coefficient (Wildman–Crippen LogP) is 0.819. The zero-order valence-corrected chi connectivity index (χ0v) is 11.1. The maximum Gasteiger partial charge on any atom is 0.267 e. The van der Waals surface area contributed by atoms with E-state index in [0.717, 1.165) is 0 Å². The monoisotopic (exact) mass is 262 g/mol. The van der Waals surface area contributed by atoms with E-state index in [0.29, 0.717) is 11.1 Å². The van der Waals surface area contributed by atoms with Gasteiger partial charge in [0.1, 0.15) is 5.70 Å². The molecule has 2 amide bonds. The fraction of sp³-hybridized carbons (Fsp3) is 0.286. The highest BCUT2D eigenvalue weighted by molar-refractivity contribution is 6.03. The van der Waals surface area contributed by atoms with E-state index < -0.39 is 5.91 Å². The molecular weight excluding hydrogens is 244 g/mol. The Hall–Kier alpha value is -2.14. The van der Waals surface area contributed by atoms with Gasteiger partial charge in [0.25, 0.3) is 11.8 Å². The lowest BCUT2D eigenvalue weighted by atomic mass is 10.2. The van der Waals surface area contributed by atoms with E-state index in [9.17, 15) is 9.59 Å². The molecule has 0 spiro atoms. The van der Waals surface area contributed by atoms with Crippen LogP contribution in [0.5, 0.6) is 0 Å². The van der Waals surface area contributed by atoms with Crippen LogP contribution in [0.2, 0.25) is 0 Å². The van der Waals surface area contributed by atoms with Gasteiger partial charge >= 0.3 is 0 Å². The van der Waals surface area contributed by atoms with E-state index >= 15 is 0 Å². The molecule has 5 heteroatoms. The standard InChI is InChI=1S/C14H18N2O3/c1-10(2)12(14(19)15-8-9-17)16-13(18)11-6-4-3-5-7-11/h3-7,17H,8-9H2,1-2H3,(H,15,19)(H,16,18). The fourth-order valence-electron chi connectivity index (χ4n) is 1.44. The molecule has 0 saturated heterocycles. The van der Waals surface area contributed by atoms with E-state index in [1.54, 1.807) is 38.1 Å². The predicted molar refractivity (Wildman–Crippen MR) is 72.4 cm³/mol. The van der Waals surface area contributed by atoms with Crippen LogP contribution in [0, 0.1) is 0 Å². The fourth-order valence-corrected chi connectivity index (χ4v) is 1.44. The molecule has 0 aliphatic rings. The summed E-state index contributed by atoms with van der Waals surface area (Å²) in [4.78, 5) is 23.8. The molecule has 3 N–H and O–H groups in total. The van der Waals surface area contributed by atoms with Gasteiger partial charge in [0.05, 0.1) is 6.61 Å². The average Bonchev–Trinajstić information content (AvgIpc) is 2.42. The Balaban J connectivity index is 2.79. The average molecular weight is 262 g/mol. The summed E-state index contributed by atoms with van der Waals surface area (Å²) in [6, 6.07) is 8.66. The minimum absolute atomic E-state index is 0.144. The number of nitrogens with one attached hydrogen (secondary N) is 2. The number of amides is 2. The van der Waals surface area contributed by atoms with Crippen molar-refractivity contribution in [2.45, 2.75) is 13.8 Å². The second-order valence-corrected chi connectivity index (χ2v) is 4.17. The first-order chi connectivity index (χ1) is 9.06. The largest absolute Gasteiger partial charge is 0.395 e. The lowest BCUT2D eigenvalue weighted by molar-refractivity contribution is -0.118. The third kappa shape index (κ3) is 4.56. The number of carbonyl (C=O) groups is 2. The van der Waals surface area contributed by atoms with Crippen molar-refractivity contribution < 1.29 is 14.7 Å². The molecule has 0 aliphatic carbocycles. The van der Waals surface area contributed by atoms with Gasteiger partial charge in [-0.05, 0) is 31.6 Å². The van der Waals surface area contributed by atoms with Crippen LogP contribution in [0.25, 0.3) is 0 Å². The van der Waals surface area contributed by atoms with Crippen molar-refractivity contribution in [1.29, 1.82) is 0 Å². The first kappa shape index (κ1) is 14.9. The highest BCUT2D eigenvalue weighted by atomic mass is 16.3. The lowest BCUT2D eigenvalue weighted by Crippen LogP contribution is -2.36. The molecule has 1 rings (SSSR count). The number of rotatable bonds is 5. The van der Waals surface area contributed by atoms with Crippen LogP contribution in [0.15, 0.2) is 41.6 Å². The molecular formula is C14H18N2O3. The van der Waals surface area contributed by atoms with Crippen LogP contribution < -0.4 is 10.6 Å². The Morgan fingerprint density at radius 2 is 1.79 bits per heavy atom. The summed E-state index contributed by atoms with van der Waals surface area (Å²) in [5, 5.41) is 13.8. The van der Waals surface area contributed by atoms with Crippen molar-refractivity contribution in [3.63, 3.8) is 0 Å². The Kier molecular flexibility index (Phi) is 5.75. The Morgan fingerprint density at radius 3 is 2.32 bits per heavy atom. The minimum atomic E-state index is -0.404. The smallest absolute Gasteiger partial charge is 0.267 e. The number of benzene rings is 1.